The smallest absolute Gasteiger partial charge is 0.123 e. The van der Waals surface area contributed by atoms with Gasteiger partial charge in [-0.1, -0.05) is 31.4 Å². The summed E-state index contributed by atoms with van der Waals surface area (Å²) < 4.78 is 26.9. The van der Waals surface area contributed by atoms with E-state index < -0.39 is 6.10 Å². The van der Waals surface area contributed by atoms with Gasteiger partial charge in [0, 0.05) is 37.6 Å². The van der Waals surface area contributed by atoms with Crippen LogP contribution in [0.5, 0.6) is 11.5 Å². The first-order chi connectivity index (χ1) is 16.6. The standard InChI is InChI=1S/C28H35FN2O3/c1-33-27-12-14-28(15-13-27)34-21-26(32)20-31(24-9-3-2-4-10-24)19-25-11-6-16-30(25)18-22-7-5-8-23(29)17-22/h5-8,11-17,24,26,32H,2-4,9-10,18-21H2,1H3. The number of ether oxygens (including phenoxy) is 2. The molecule has 0 aliphatic heterocycles. The van der Waals surface area contributed by atoms with E-state index >= 15 is 0 Å². The lowest BCUT2D eigenvalue weighted by molar-refractivity contribution is 0.0388. The van der Waals surface area contributed by atoms with Crippen molar-refractivity contribution in [2.75, 3.05) is 20.3 Å². The van der Waals surface area contributed by atoms with Gasteiger partial charge in [-0.15, -0.1) is 0 Å². The van der Waals surface area contributed by atoms with E-state index in [1.54, 1.807) is 19.2 Å². The number of halogens is 1. The van der Waals surface area contributed by atoms with Crippen LogP contribution in [0.15, 0.2) is 66.9 Å². The summed E-state index contributed by atoms with van der Waals surface area (Å²) >= 11 is 0. The molecule has 1 aliphatic carbocycles. The number of methoxy groups -OCH3 is 1. The molecule has 34 heavy (non-hydrogen) atoms. The molecule has 4 rings (SSSR count). The lowest BCUT2D eigenvalue weighted by Crippen LogP contribution is -2.43. The molecular formula is C28H35FN2O3. The molecule has 1 aliphatic rings. The van der Waals surface area contributed by atoms with Crippen molar-refractivity contribution >= 4 is 0 Å². The van der Waals surface area contributed by atoms with E-state index in [1.165, 1.54) is 25.3 Å². The Bertz CT molecular complexity index is 1010. The van der Waals surface area contributed by atoms with Gasteiger partial charge in [-0.05, 0) is 66.9 Å². The van der Waals surface area contributed by atoms with Crippen LogP contribution in [0.1, 0.15) is 43.4 Å². The Hall–Kier alpha value is -2.83. The summed E-state index contributed by atoms with van der Waals surface area (Å²) in [5.41, 5.74) is 2.10. The first kappa shape index (κ1) is 24.3. The third-order valence-electron chi connectivity index (χ3n) is 6.57. The van der Waals surface area contributed by atoms with E-state index in [0.717, 1.165) is 36.4 Å². The van der Waals surface area contributed by atoms with Crippen LogP contribution in [0.4, 0.5) is 4.39 Å². The van der Waals surface area contributed by atoms with Gasteiger partial charge in [-0.3, -0.25) is 4.90 Å². The van der Waals surface area contributed by atoms with Crippen LogP contribution in [-0.4, -0.2) is 47.0 Å². The molecule has 1 fully saturated rings. The molecule has 3 aromatic rings. The van der Waals surface area contributed by atoms with Crippen LogP contribution in [0.3, 0.4) is 0 Å². The van der Waals surface area contributed by atoms with Crippen LogP contribution in [0, 0.1) is 5.82 Å². The van der Waals surface area contributed by atoms with Crippen molar-refractivity contribution in [1.82, 2.24) is 9.47 Å². The van der Waals surface area contributed by atoms with Crippen LogP contribution in [0.25, 0.3) is 0 Å². The van der Waals surface area contributed by atoms with Gasteiger partial charge in [0.1, 0.15) is 30.0 Å². The summed E-state index contributed by atoms with van der Waals surface area (Å²) in [5, 5.41) is 10.8. The first-order valence-corrected chi connectivity index (χ1v) is 12.2. The predicted molar refractivity (Wildman–Crippen MR) is 132 cm³/mol. The van der Waals surface area contributed by atoms with Crippen LogP contribution in [-0.2, 0) is 13.1 Å². The lowest BCUT2D eigenvalue weighted by atomic mass is 9.94. The van der Waals surface area contributed by atoms with Crippen molar-refractivity contribution in [3.8, 4) is 11.5 Å². The van der Waals surface area contributed by atoms with Gasteiger partial charge in [-0.2, -0.15) is 0 Å². The highest BCUT2D eigenvalue weighted by Gasteiger charge is 2.24. The highest BCUT2D eigenvalue weighted by atomic mass is 19.1. The topological polar surface area (TPSA) is 46.9 Å². The Morgan fingerprint density at radius 2 is 1.79 bits per heavy atom. The predicted octanol–water partition coefficient (Wildman–Crippen LogP) is 5.26. The maximum absolute atomic E-state index is 13.7. The fraction of sp³-hybridized carbons (Fsp3) is 0.429. The molecule has 1 aromatic heterocycles. The Morgan fingerprint density at radius 1 is 1.03 bits per heavy atom. The number of rotatable bonds is 11. The number of hydrogen-bond acceptors (Lipinski definition) is 4. The summed E-state index contributed by atoms with van der Waals surface area (Å²) in [6.45, 7) is 2.15. The monoisotopic (exact) mass is 466 g/mol. The minimum atomic E-state index is -0.601. The zero-order chi connectivity index (χ0) is 23.8. The average molecular weight is 467 g/mol. The molecule has 0 bridgehead atoms. The molecule has 5 nitrogen and oxygen atoms in total. The maximum atomic E-state index is 13.7. The summed E-state index contributed by atoms with van der Waals surface area (Å²) in [7, 11) is 1.63. The van der Waals surface area contributed by atoms with E-state index in [-0.39, 0.29) is 12.4 Å². The van der Waals surface area contributed by atoms with Gasteiger partial charge in [-0.25, -0.2) is 4.39 Å². The second-order valence-corrected chi connectivity index (χ2v) is 9.12. The van der Waals surface area contributed by atoms with Crippen molar-refractivity contribution in [3.63, 3.8) is 0 Å². The van der Waals surface area contributed by atoms with Crippen LogP contribution >= 0.6 is 0 Å². The molecule has 0 spiro atoms. The second kappa shape index (κ2) is 12.0. The van der Waals surface area contributed by atoms with Crippen LogP contribution in [0.2, 0.25) is 0 Å². The molecule has 0 radical (unpaired) electrons. The van der Waals surface area contributed by atoms with Gasteiger partial charge < -0.3 is 19.1 Å². The van der Waals surface area contributed by atoms with Crippen molar-refractivity contribution in [2.24, 2.45) is 0 Å². The highest BCUT2D eigenvalue weighted by molar-refractivity contribution is 5.31. The summed E-state index contributed by atoms with van der Waals surface area (Å²) in [6, 6.07) is 18.8. The fourth-order valence-corrected chi connectivity index (χ4v) is 4.76. The number of aliphatic hydroxyl groups excluding tert-OH is 1. The maximum Gasteiger partial charge on any atom is 0.123 e. The highest BCUT2D eigenvalue weighted by Crippen LogP contribution is 2.25. The van der Waals surface area contributed by atoms with Crippen molar-refractivity contribution in [1.29, 1.82) is 0 Å². The van der Waals surface area contributed by atoms with Gasteiger partial charge in [0.05, 0.1) is 7.11 Å². The molecule has 1 atom stereocenters. The molecule has 0 amide bonds. The van der Waals surface area contributed by atoms with Gasteiger partial charge in [0.2, 0.25) is 0 Å². The minimum Gasteiger partial charge on any atom is -0.497 e. The third kappa shape index (κ3) is 6.84. The zero-order valence-corrected chi connectivity index (χ0v) is 19.9. The number of hydrogen-bond donors (Lipinski definition) is 1. The molecule has 1 heterocycles. The van der Waals surface area contributed by atoms with Crippen molar-refractivity contribution in [2.45, 2.75) is 57.3 Å². The molecular weight excluding hydrogens is 431 g/mol. The van der Waals surface area contributed by atoms with Gasteiger partial charge in [0.25, 0.3) is 0 Å². The molecule has 182 valence electrons. The molecule has 1 N–H and O–H groups in total. The van der Waals surface area contributed by atoms with E-state index in [1.807, 2.05) is 42.6 Å². The van der Waals surface area contributed by atoms with E-state index in [2.05, 4.69) is 15.5 Å². The van der Waals surface area contributed by atoms with Crippen molar-refractivity contribution < 1.29 is 19.0 Å². The Balaban J connectivity index is 1.40. The van der Waals surface area contributed by atoms with Gasteiger partial charge >= 0.3 is 0 Å². The van der Waals surface area contributed by atoms with E-state index in [4.69, 9.17) is 9.47 Å². The number of nitrogens with zero attached hydrogens (tertiary/aromatic N) is 2. The molecule has 2 aromatic carbocycles. The number of aromatic nitrogens is 1. The summed E-state index contributed by atoms with van der Waals surface area (Å²) in [4.78, 5) is 2.40. The Kier molecular flexibility index (Phi) is 8.61. The number of aliphatic hydroxyl groups is 1. The Labute approximate surface area is 201 Å². The summed E-state index contributed by atoms with van der Waals surface area (Å²) in [6.07, 6.45) is 7.48. The third-order valence-corrected chi connectivity index (χ3v) is 6.57. The van der Waals surface area contributed by atoms with E-state index in [9.17, 15) is 9.50 Å². The lowest BCUT2D eigenvalue weighted by Gasteiger charge is -2.35. The molecule has 1 saturated carbocycles. The molecule has 1 unspecified atom stereocenters. The fourth-order valence-electron chi connectivity index (χ4n) is 4.76. The zero-order valence-electron chi connectivity index (χ0n) is 19.9. The normalized spacial score (nSPS) is 15.4. The second-order valence-electron chi connectivity index (χ2n) is 9.12. The first-order valence-electron chi connectivity index (χ1n) is 12.2. The largest absolute Gasteiger partial charge is 0.497 e. The SMILES string of the molecule is COc1ccc(OCC(O)CN(Cc2cccn2Cc2cccc(F)c2)C2CCCCC2)cc1. The number of benzene rings is 2. The van der Waals surface area contributed by atoms with E-state index in [0.29, 0.717) is 24.9 Å². The van der Waals surface area contributed by atoms with Gasteiger partial charge in [0.15, 0.2) is 0 Å². The Morgan fingerprint density at radius 3 is 2.53 bits per heavy atom. The quantitative estimate of drug-likeness (QED) is 0.419. The molecule has 6 heteroatoms. The summed E-state index contributed by atoms with van der Waals surface area (Å²) in [5.74, 6) is 1.28. The van der Waals surface area contributed by atoms with Crippen LogP contribution < -0.4 is 9.47 Å². The average Bonchev–Trinajstić information content (AvgIpc) is 3.29. The molecule has 0 saturated heterocycles. The van der Waals surface area contributed by atoms with Crippen molar-refractivity contribution in [3.05, 3.63) is 83.9 Å². The minimum absolute atomic E-state index is 0.213.